The molecule has 0 aliphatic rings. The van der Waals surface area contributed by atoms with Crippen LogP contribution in [-0.2, 0) is 11.3 Å². The number of nitrogens with one attached hydrogen (secondary N) is 2. The van der Waals surface area contributed by atoms with E-state index in [2.05, 4.69) is 15.6 Å². The number of ketones is 1. The monoisotopic (exact) mass is 377 g/mol. The highest BCUT2D eigenvalue weighted by molar-refractivity contribution is 5.99. The van der Waals surface area contributed by atoms with Crippen LogP contribution in [0.5, 0.6) is 0 Å². The molecule has 0 unspecified atom stereocenters. The number of hydrogen-bond acceptors (Lipinski definition) is 4. The maximum Gasteiger partial charge on any atom is 0.224 e. The van der Waals surface area contributed by atoms with E-state index in [1.54, 1.807) is 54.6 Å². The Morgan fingerprint density at radius 3 is 2.36 bits per heavy atom. The van der Waals surface area contributed by atoms with E-state index in [0.717, 1.165) is 0 Å². The third kappa shape index (κ3) is 5.48. The quantitative estimate of drug-likeness (QED) is 0.570. The van der Waals surface area contributed by atoms with Gasteiger partial charge < -0.3 is 10.6 Å². The molecular formula is C22H20FN3O2. The van der Waals surface area contributed by atoms with Crippen LogP contribution in [0.15, 0.2) is 72.9 Å². The highest BCUT2D eigenvalue weighted by Crippen LogP contribution is 2.13. The van der Waals surface area contributed by atoms with Crippen molar-refractivity contribution in [2.24, 2.45) is 0 Å². The third-order valence-corrected chi connectivity index (χ3v) is 4.14. The Balaban J connectivity index is 1.46. The lowest BCUT2D eigenvalue weighted by atomic mass is 10.1. The molecule has 2 N–H and O–H groups in total. The minimum atomic E-state index is -0.274. The smallest absolute Gasteiger partial charge is 0.224 e. The lowest BCUT2D eigenvalue weighted by Crippen LogP contribution is -2.13. The van der Waals surface area contributed by atoms with Gasteiger partial charge in [-0.1, -0.05) is 48.5 Å². The molecule has 0 saturated heterocycles. The second-order valence-corrected chi connectivity index (χ2v) is 6.21. The third-order valence-electron chi connectivity index (χ3n) is 4.14. The van der Waals surface area contributed by atoms with E-state index in [1.807, 2.05) is 6.07 Å². The summed E-state index contributed by atoms with van der Waals surface area (Å²) in [7, 11) is 0. The van der Waals surface area contributed by atoms with E-state index < -0.39 is 0 Å². The lowest BCUT2D eigenvalue weighted by molar-refractivity contribution is -0.116. The zero-order valence-corrected chi connectivity index (χ0v) is 15.2. The van der Waals surface area contributed by atoms with Gasteiger partial charge >= 0.3 is 0 Å². The fourth-order valence-electron chi connectivity index (χ4n) is 2.62. The van der Waals surface area contributed by atoms with Gasteiger partial charge in [-0.15, -0.1) is 0 Å². The Morgan fingerprint density at radius 1 is 0.893 bits per heavy atom. The number of carbonyl (C=O) groups excluding carboxylic acids is 2. The van der Waals surface area contributed by atoms with Gasteiger partial charge in [0, 0.05) is 30.5 Å². The van der Waals surface area contributed by atoms with Gasteiger partial charge in [-0.05, 0) is 18.2 Å². The minimum absolute atomic E-state index is 0.0680. The number of aromatic nitrogens is 1. The minimum Gasteiger partial charge on any atom is -0.366 e. The molecule has 0 radical (unpaired) electrons. The van der Waals surface area contributed by atoms with Crippen LogP contribution >= 0.6 is 0 Å². The number of Topliss-reactive ketones (excluding diaryl/α,β-unsaturated/α-hetero) is 1. The molecular weight excluding hydrogens is 357 g/mol. The van der Waals surface area contributed by atoms with Crippen molar-refractivity contribution in [2.45, 2.75) is 19.4 Å². The van der Waals surface area contributed by atoms with E-state index in [-0.39, 0.29) is 30.3 Å². The summed E-state index contributed by atoms with van der Waals surface area (Å²) < 4.78 is 13.6. The first-order chi connectivity index (χ1) is 13.6. The number of carbonyl (C=O) groups is 2. The van der Waals surface area contributed by atoms with Crippen LogP contribution in [-0.4, -0.2) is 16.7 Å². The zero-order valence-electron chi connectivity index (χ0n) is 15.2. The Bertz CT molecular complexity index is 944. The van der Waals surface area contributed by atoms with Crippen LogP contribution in [0.25, 0.3) is 0 Å². The van der Waals surface area contributed by atoms with Crippen molar-refractivity contribution in [2.75, 3.05) is 10.6 Å². The maximum absolute atomic E-state index is 13.6. The number of amides is 1. The average molecular weight is 377 g/mol. The molecule has 0 spiro atoms. The van der Waals surface area contributed by atoms with Crippen molar-refractivity contribution in [1.82, 2.24) is 4.98 Å². The highest BCUT2D eigenvalue weighted by atomic mass is 19.1. The van der Waals surface area contributed by atoms with Crippen LogP contribution < -0.4 is 10.6 Å². The predicted molar refractivity (Wildman–Crippen MR) is 107 cm³/mol. The lowest BCUT2D eigenvalue weighted by Gasteiger charge is -2.08. The van der Waals surface area contributed by atoms with E-state index in [0.29, 0.717) is 29.2 Å². The Hall–Kier alpha value is -3.54. The van der Waals surface area contributed by atoms with Gasteiger partial charge in [0.2, 0.25) is 5.91 Å². The first-order valence-corrected chi connectivity index (χ1v) is 8.93. The predicted octanol–water partition coefficient (Wildman–Crippen LogP) is 4.43. The topological polar surface area (TPSA) is 71.1 Å². The summed E-state index contributed by atoms with van der Waals surface area (Å²) in [5.41, 5.74) is 1.68. The van der Waals surface area contributed by atoms with Crippen molar-refractivity contribution < 1.29 is 14.0 Å². The largest absolute Gasteiger partial charge is 0.366 e. The number of hydrogen-bond donors (Lipinski definition) is 2. The van der Waals surface area contributed by atoms with Crippen LogP contribution in [0, 0.1) is 5.82 Å². The summed E-state index contributed by atoms with van der Waals surface area (Å²) in [5.74, 6) is -0.0239. The fourth-order valence-corrected chi connectivity index (χ4v) is 2.62. The number of pyridine rings is 1. The zero-order chi connectivity index (χ0) is 19.8. The second-order valence-electron chi connectivity index (χ2n) is 6.21. The summed E-state index contributed by atoms with van der Waals surface area (Å²) in [6, 6.07) is 18.8. The molecule has 6 heteroatoms. The van der Waals surface area contributed by atoms with Crippen molar-refractivity contribution in [3.63, 3.8) is 0 Å². The highest BCUT2D eigenvalue weighted by Gasteiger charge is 2.09. The number of rotatable bonds is 8. The summed E-state index contributed by atoms with van der Waals surface area (Å²) >= 11 is 0. The number of anilines is 2. The molecule has 5 nitrogen and oxygen atoms in total. The number of benzene rings is 2. The van der Waals surface area contributed by atoms with Gasteiger partial charge in [0.1, 0.15) is 11.6 Å². The molecule has 0 bridgehead atoms. The molecule has 0 saturated carbocycles. The first-order valence-electron chi connectivity index (χ1n) is 8.93. The van der Waals surface area contributed by atoms with Gasteiger partial charge in [0.25, 0.3) is 0 Å². The average Bonchev–Trinajstić information content (AvgIpc) is 2.73. The molecule has 142 valence electrons. The summed E-state index contributed by atoms with van der Waals surface area (Å²) in [6.45, 7) is 0.312. The fraction of sp³-hybridized carbons (Fsp3) is 0.136. The van der Waals surface area contributed by atoms with Gasteiger partial charge in [-0.2, -0.15) is 0 Å². The van der Waals surface area contributed by atoms with E-state index in [9.17, 15) is 14.0 Å². The van der Waals surface area contributed by atoms with Crippen LogP contribution in [0.3, 0.4) is 0 Å². The van der Waals surface area contributed by atoms with Crippen LogP contribution in [0.2, 0.25) is 0 Å². The van der Waals surface area contributed by atoms with E-state index in [1.165, 1.54) is 12.3 Å². The normalized spacial score (nSPS) is 10.3. The number of nitrogens with zero attached hydrogens (tertiary/aromatic N) is 1. The molecule has 28 heavy (non-hydrogen) atoms. The Morgan fingerprint density at radius 2 is 1.64 bits per heavy atom. The summed E-state index contributed by atoms with van der Waals surface area (Å²) in [6.07, 6.45) is 1.76. The van der Waals surface area contributed by atoms with Gasteiger partial charge in [-0.3, -0.25) is 9.59 Å². The molecule has 3 rings (SSSR count). The molecule has 1 amide bonds. The van der Waals surface area contributed by atoms with Crippen LogP contribution in [0.4, 0.5) is 15.9 Å². The van der Waals surface area contributed by atoms with E-state index >= 15 is 0 Å². The molecule has 0 aliphatic heterocycles. The first kappa shape index (κ1) is 19.2. The molecule has 1 aromatic heterocycles. The number of halogens is 1. The SMILES string of the molecule is O=C(CCC(=O)c1ccccc1)Nc1ccc(NCc2ccccc2F)nc1. The van der Waals surface area contributed by atoms with Crippen molar-refractivity contribution >= 4 is 23.2 Å². The summed E-state index contributed by atoms with van der Waals surface area (Å²) in [5, 5.41) is 5.75. The Labute approximate surface area is 162 Å². The van der Waals surface area contributed by atoms with Crippen molar-refractivity contribution in [3.8, 4) is 0 Å². The standard InChI is InChI=1S/C22H20FN3O2/c23-19-9-5-4-8-17(19)14-24-21-12-10-18(15-25-21)26-22(28)13-11-20(27)16-6-2-1-3-7-16/h1-10,12,15H,11,13-14H2,(H,24,25)(H,26,28). The second kappa shape index (κ2) is 9.41. The molecule has 0 aliphatic carbocycles. The van der Waals surface area contributed by atoms with Gasteiger partial charge in [-0.25, -0.2) is 9.37 Å². The van der Waals surface area contributed by atoms with Gasteiger partial charge in [0.15, 0.2) is 5.78 Å². The van der Waals surface area contributed by atoms with Gasteiger partial charge in [0.05, 0.1) is 11.9 Å². The molecule has 2 aromatic carbocycles. The molecule has 3 aromatic rings. The van der Waals surface area contributed by atoms with E-state index in [4.69, 9.17) is 0 Å². The Kier molecular flexibility index (Phi) is 6.46. The maximum atomic E-state index is 13.6. The molecule has 0 fully saturated rings. The molecule has 0 atom stereocenters. The molecule has 1 heterocycles. The van der Waals surface area contributed by atoms with Crippen molar-refractivity contribution in [1.29, 1.82) is 0 Å². The van der Waals surface area contributed by atoms with Crippen molar-refractivity contribution in [3.05, 3.63) is 89.9 Å². The van der Waals surface area contributed by atoms with Crippen LogP contribution in [0.1, 0.15) is 28.8 Å². The summed E-state index contributed by atoms with van der Waals surface area (Å²) in [4.78, 5) is 28.3.